The van der Waals surface area contributed by atoms with Crippen LogP contribution >= 0.6 is 11.3 Å². The van der Waals surface area contributed by atoms with E-state index in [9.17, 15) is 0 Å². The van der Waals surface area contributed by atoms with Gasteiger partial charge in [-0.3, -0.25) is 4.40 Å². The maximum atomic E-state index is 4.85. The number of hydrogen-bond acceptors (Lipinski definition) is 5. The molecule has 0 N–H and O–H groups in total. The molecule has 7 heteroatoms. The normalized spacial score (nSPS) is 14.0. The van der Waals surface area contributed by atoms with Crippen LogP contribution in [0, 0.1) is 6.92 Å². The summed E-state index contributed by atoms with van der Waals surface area (Å²) < 4.78 is 3.91. The summed E-state index contributed by atoms with van der Waals surface area (Å²) >= 11 is 1.61. The van der Waals surface area contributed by atoms with Crippen LogP contribution in [0.2, 0.25) is 0 Å². The molecule has 0 fully saturated rings. The van der Waals surface area contributed by atoms with Gasteiger partial charge in [-0.05, 0) is 61.4 Å². The molecule has 1 aliphatic carbocycles. The lowest BCUT2D eigenvalue weighted by molar-refractivity contribution is 0.684. The molecule has 0 spiro atoms. The lowest BCUT2D eigenvalue weighted by atomic mass is 9.90. The first-order valence-corrected chi connectivity index (χ1v) is 10.8. The zero-order chi connectivity index (χ0) is 19.4. The molecule has 5 aromatic rings. The third-order valence-electron chi connectivity index (χ3n) is 5.72. The minimum Gasteiger partial charge on any atom is -0.297 e. The molecule has 144 valence electrons. The van der Waals surface area contributed by atoms with Crippen molar-refractivity contribution >= 4 is 21.9 Å². The molecular weight excluding hydrogens is 380 g/mol. The fraction of sp³-hybridized carbons (Fsp3) is 0.273. The Balaban J connectivity index is 1.39. The summed E-state index contributed by atoms with van der Waals surface area (Å²) in [4.78, 5) is 5.47. The highest BCUT2D eigenvalue weighted by Gasteiger charge is 2.20. The van der Waals surface area contributed by atoms with Gasteiger partial charge >= 0.3 is 0 Å². The van der Waals surface area contributed by atoms with Gasteiger partial charge < -0.3 is 0 Å². The van der Waals surface area contributed by atoms with Crippen molar-refractivity contribution in [3.8, 4) is 11.5 Å². The minimum atomic E-state index is 0.740. The average Bonchev–Trinajstić information content (AvgIpc) is 3.39. The molecule has 0 atom stereocenters. The number of fused-ring (bicyclic) bond motifs is 3. The quantitative estimate of drug-likeness (QED) is 0.454. The molecule has 0 amide bonds. The van der Waals surface area contributed by atoms with Gasteiger partial charge in [0.15, 0.2) is 0 Å². The van der Waals surface area contributed by atoms with Crippen molar-refractivity contribution < 1.29 is 0 Å². The number of aryl methyl sites for hydroxylation is 3. The molecule has 29 heavy (non-hydrogen) atoms. The van der Waals surface area contributed by atoms with Gasteiger partial charge in [0.2, 0.25) is 10.8 Å². The third kappa shape index (κ3) is 2.76. The van der Waals surface area contributed by atoms with Crippen LogP contribution in [0.1, 0.15) is 40.2 Å². The molecule has 4 heterocycles. The fourth-order valence-corrected chi connectivity index (χ4v) is 5.20. The first kappa shape index (κ1) is 16.9. The van der Waals surface area contributed by atoms with Crippen molar-refractivity contribution in [2.75, 3.05) is 0 Å². The van der Waals surface area contributed by atoms with E-state index in [1.165, 1.54) is 42.4 Å². The molecule has 4 aromatic heterocycles. The van der Waals surface area contributed by atoms with Crippen molar-refractivity contribution in [1.82, 2.24) is 29.2 Å². The summed E-state index contributed by atoms with van der Waals surface area (Å²) in [6.07, 6.45) is 7.86. The lowest BCUT2D eigenvalue weighted by Gasteiger charge is -2.16. The Labute approximate surface area is 171 Å². The van der Waals surface area contributed by atoms with E-state index in [-0.39, 0.29) is 0 Å². The Morgan fingerprint density at radius 1 is 1.03 bits per heavy atom. The molecule has 6 rings (SSSR count). The Morgan fingerprint density at radius 2 is 1.93 bits per heavy atom. The van der Waals surface area contributed by atoms with Crippen LogP contribution < -0.4 is 0 Å². The highest BCUT2D eigenvalue weighted by Crippen LogP contribution is 2.27. The number of nitrogens with zero attached hydrogens (tertiary/aromatic N) is 6. The summed E-state index contributed by atoms with van der Waals surface area (Å²) in [5.41, 5.74) is 7.13. The van der Waals surface area contributed by atoms with E-state index in [0.29, 0.717) is 0 Å². The maximum absolute atomic E-state index is 4.85. The van der Waals surface area contributed by atoms with Gasteiger partial charge in [-0.15, -0.1) is 10.2 Å². The molecule has 0 saturated heterocycles. The van der Waals surface area contributed by atoms with E-state index in [1.807, 2.05) is 40.2 Å². The summed E-state index contributed by atoms with van der Waals surface area (Å²) in [5, 5.41) is 14.7. The molecule has 6 nitrogen and oxygen atoms in total. The van der Waals surface area contributed by atoms with Crippen LogP contribution in [0.4, 0.5) is 0 Å². The van der Waals surface area contributed by atoms with E-state index in [4.69, 9.17) is 5.10 Å². The van der Waals surface area contributed by atoms with Crippen LogP contribution in [0.15, 0.2) is 42.6 Å². The molecule has 0 aliphatic heterocycles. The fourth-order valence-electron chi connectivity index (χ4n) is 4.33. The van der Waals surface area contributed by atoms with Gasteiger partial charge in [-0.2, -0.15) is 9.61 Å². The molecule has 0 unspecified atom stereocenters. The second-order valence-corrected chi connectivity index (χ2v) is 8.72. The zero-order valence-electron chi connectivity index (χ0n) is 16.2. The monoisotopic (exact) mass is 400 g/mol. The highest BCUT2D eigenvalue weighted by atomic mass is 32.1. The smallest absolute Gasteiger partial charge is 0.235 e. The number of imidazole rings is 1. The van der Waals surface area contributed by atoms with Crippen molar-refractivity contribution in [3.63, 3.8) is 0 Å². The first-order chi connectivity index (χ1) is 14.3. The van der Waals surface area contributed by atoms with Gasteiger partial charge in [0.25, 0.3) is 0 Å². The van der Waals surface area contributed by atoms with Crippen molar-refractivity contribution in [1.29, 1.82) is 0 Å². The predicted octanol–water partition coefficient (Wildman–Crippen LogP) is 4.28. The standard InChI is InChI=1S/C22H20N6S/c1-14-20(27-11-5-4-8-18(27)23-14)21-24-25-22-28(21)26-19(29-22)13-15-9-10-16-6-2-3-7-17(16)12-15/h4-5,8-12H,2-3,6-7,13H2,1H3. The molecule has 0 radical (unpaired) electrons. The maximum Gasteiger partial charge on any atom is 0.235 e. The van der Waals surface area contributed by atoms with Gasteiger partial charge in [0.05, 0.1) is 5.69 Å². The number of aromatic nitrogens is 6. The Kier molecular flexibility index (Phi) is 3.77. The molecule has 1 aromatic carbocycles. The largest absolute Gasteiger partial charge is 0.297 e. The van der Waals surface area contributed by atoms with Crippen molar-refractivity contribution in [2.45, 2.75) is 39.0 Å². The SMILES string of the molecule is Cc1nc2ccccn2c1-c1nnc2sc(Cc3ccc4c(c3)CCCC4)nn12. The van der Waals surface area contributed by atoms with E-state index in [1.54, 1.807) is 11.3 Å². The molecular formula is C22H20N6S. The first-order valence-electron chi connectivity index (χ1n) is 10.0. The Hall–Kier alpha value is -3.06. The number of rotatable bonds is 3. The second kappa shape index (κ2) is 6.49. The molecule has 1 aliphatic rings. The summed E-state index contributed by atoms with van der Waals surface area (Å²) in [7, 11) is 0. The van der Waals surface area contributed by atoms with E-state index in [2.05, 4.69) is 33.4 Å². The Bertz CT molecular complexity index is 1360. The second-order valence-electron chi connectivity index (χ2n) is 7.68. The minimum absolute atomic E-state index is 0.740. The van der Waals surface area contributed by atoms with Crippen LogP contribution in [0.5, 0.6) is 0 Å². The van der Waals surface area contributed by atoms with E-state index < -0.39 is 0 Å². The third-order valence-corrected chi connectivity index (χ3v) is 6.62. The predicted molar refractivity (Wildman–Crippen MR) is 113 cm³/mol. The van der Waals surface area contributed by atoms with Gasteiger partial charge in [-0.25, -0.2) is 4.98 Å². The van der Waals surface area contributed by atoms with Crippen molar-refractivity contribution in [3.05, 3.63) is 70.0 Å². The number of pyridine rings is 1. The summed E-state index contributed by atoms with van der Waals surface area (Å²) in [6.45, 7) is 2.00. The van der Waals surface area contributed by atoms with Gasteiger partial charge in [0, 0.05) is 12.6 Å². The van der Waals surface area contributed by atoms with Gasteiger partial charge in [0.1, 0.15) is 16.3 Å². The topological polar surface area (TPSA) is 60.4 Å². The lowest BCUT2D eigenvalue weighted by Crippen LogP contribution is -2.03. The number of hydrogen-bond donors (Lipinski definition) is 0. The molecule has 0 saturated carbocycles. The van der Waals surface area contributed by atoms with Crippen LogP contribution in [0.25, 0.3) is 22.1 Å². The average molecular weight is 401 g/mol. The summed E-state index contributed by atoms with van der Waals surface area (Å²) in [5.74, 6) is 0.740. The van der Waals surface area contributed by atoms with Crippen LogP contribution in [-0.2, 0) is 19.3 Å². The molecule has 0 bridgehead atoms. The summed E-state index contributed by atoms with van der Waals surface area (Å²) in [6, 6.07) is 12.9. The Morgan fingerprint density at radius 3 is 2.86 bits per heavy atom. The van der Waals surface area contributed by atoms with E-state index >= 15 is 0 Å². The zero-order valence-corrected chi connectivity index (χ0v) is 17.0. The number of benzene rings is 1. The van der Waals surface area contributed by atoms with Gasteiger partial charge in [-0.1, -0.05) is 35.6 Å². The van der Waals surface area contributed by atoms with E-state index in [0.717, 1.165) is 39.2 Å². The highest BCUT2D eigenvalue weighted by molar-refractivity contribution is 7.16. The van der Waals surface area contributed by atoms with Crippen molar-refractivity contribution in [2.24, 2.45) is 0 Å². The van der Waals surface area contributed by atoms with Crippen LogP contribution in [0.3, 0.4) is 0 Å². The van der Waals surface area contributed by atoms with Crippen LogP contribution in [-0.4, -0.2) is 29.2 Å².